The number of unbranched alkanes of at least 4 members (excludes halogenated alkanes) is 45. The van der Waals surface area contributed by atoms with Crippen molar-refractivity contribution in [2.45, 2.75) is 347 Å². The number of esters is 1. The van der Waals surface area contributed by atoms with Gasteiger partial charge in [0.05, 0.1) is 25.4 Å². The summed E-state index contributed by atoms with van der Waals surface area (Å²) in [5.74, 6) is -0.0595. The van der Waals surface area contributed by atoms with E-state index in [0.29, 0.717) is 19.4 Å². The van der Waals surface area contributed by atoms with Crippen LogP contribution in [-0.4, -0.2) is 47.4 Å². The number of carbonyl (C=O) groups is 2. The van der Waals surface area contributed by atoms with E-state index in [2.05, 4.69) is 19.2 Å². The van der Waals surface area contributed by atoms with Crippen molar-refractivity contribution in [1.29, 1.82) is 0 Å². The van der Waals surface area contributed by atoms with E-state index in [9.17, 15) is 19.8 Å². The summed E-state index contributed by atoms with van der Waals surface area (Å²) >= 11 is 0. The molecule has 0 aliphatic heterocycles. The predicted octanol–water partition coefficient (Wildman–Crippen LogP) is 18.5. The van der Waals surface area contributed by atoms with Crippen molar-refractivity contribution >= 4 is 11.9 Å². The maximum Gasteiger partial charge on any atom is 0.305 e. The molecule has 0 aromatic heterocycles. The first-order valence-corrected chi connectivity index (χ1v) is 30.0. The average Bonchev–Trinajstić information content (AvgIpc) is 3.32. The van der Waals surface area contributed by atoms with E-state index >= 15 is 0 Å². The van der Waals surface area contributed by atoms with Crippen LogP contribution in [0, 0.1) is 0 Å². The number of carbonyl (C=O) groups excluding carboxylic acids is 2. The van der Waals surface area contributed by atoms with Crippen molar-refractivity contribution in [1.82, 2.24) is 5.32 Å². The fraction of sp³-hybridized carbons (Fsp3) is 0.933. The minimum absolute atomic E-state index is 0.01000. The molecular weight excluding hydrogens is 815 g/mol. The Bertz CT molecular complexity index is 986. The average molecular weight is 933 g/mol. The fourth-order valence-electron chi connectivity index (χ4n) is 9.46. The van der Waals surface area contributed by atoms with E-state index in [4.69, 9.17) is 4.74 Å². The van der Waals surface area contributed by atoms with E-state index in [1.54, 1.807) is 6.08 Å². The third-order valence-electron chi connectivity index (χ3n) is 14.1. The van der Waals surface area contributed by atoms with Crippen LogP contribution in [0.5, 0.6) is 0 Å². The molecule has 0 aromatic rings. The molecule has 0 bridgehead atoms. The standard InChI is InChI=1S/C60H117NO5/c1-3-5-7-9-11-13-15-17-19-25-28-32-36-40-44-48-52-58(63)57(56-62)61-59(64)53-49-45-41-37-33-29-26-22-20-21-23-27-31-35-39-43-47-51-55-66-60(65)54-50-46-42-38-34-30-24-18-16-14-12-10-8-6-4-2/h48,52,57-58,62-63H,3-47,49-51,53-56H2,1-2H3,(H,61,64)/b52-48+. The van der Waals surface area contributed by atoms with E-state index in [0.717, 1.165) is 38.5 Å². The lowest BCUT2D eigenvalue weighted by atomic mass is 10.0. The number of allylic oxidation sites excluding steroid dienone is 1. The minimum atomic E-state index is -0.846. The molecule has 6 nitrogen and oxygen atoms in total. The summed E-state index contributed by atoms with van der Waals surface area (Å²) in [5.41, 5.74) is 0. The zero-order chi connectivity index (χ0) is 47.9. The Morgan fingerprint density at radius 1 is 0.409 bits per heavy atom. The number of ether oxygens (including phenoxy) is 1. The van der Waals surface area contributed by atoms with Crippen molar-refractivity contribution in [2.75, 3.05) is 13.2 Å². The summed E-state index contributed by atoms with van der Waals surface area (Å²) in [6, 6.07) is -0.630. The molecule has 0 radical (unpaired) electrons. The summed E-state index contributed by atoms with van der Waals surface area (Å²) in [6.07, 6.45) is 66.6. The molecule has 0 spiro atoms. The highest BCUT2D eigenvalue weighted by Gasteiger charge is 2.18. The van der Waals surface area contributed by atoms with Crippen molar-refractivity contribution < 1.29 is 24.5 Å². The maximum absolute atomic E-state index is 12.5. The molecule has 2 unspecified atom stereocenters. The number of hydrogen-bond acceptors (Lipinski definition) is 5. The van der Waals surface area contributed by atoms with Crippen molar-refractivity contribution in [2.24, 2.45) is 0 Å². The molecular formula is C60H117NO5. The number of nitrogens with one attached hydrogen (secondary N) is 1. The van der Waals surface area contributed by atoms with Crippen molar-refractivity contribution in [3.63, 3.8) is 0 Å². The Balaban J connectivity index is 3.41. The first kappa shape index (κ1) is 64.6. The Kier molecular flexibility index (Phi) is 55.0. The second kappa shape index (κ2) is 56.2. The molecule has 0 heterocycles. The maximum atomic E-state index is 12.5. The molecule has 392 valence electrons. The number of rotatable bonds is 56. The summed E-state index contributed by atoms with van der Waals surface area (Å²) in [5, 5.41) is 23.1. The molecule has 0 fully saturated rings. The minimum Gasteiger partial charge on any atom is -0.466 e. The summed E-state index contributed by atoms with van der Waals surface area (Å²) in [6.45, 7) is 4.92. The zero-order valence-corrected chi connectivity index (χ0v) is 44.7. The van der Waals surface area contributed by atoms with Gasteiger partial charge in [0.15, 0.2) is 0 Å². The Labute approximate surface area is 412 Å². The quantitative estimate of drug-likeness (QED) is 0.0321. The van der Waals surface area contributed by atoms with Crippen LogP contribution in [-0.2, 0) is 14.3 Å². The van der Waals surface area contributed by atoms with Crippen LogP contribution in [0.1, 0.15) is 335 Å². The SMILES string of the molecule is CCCCCCCCCCCCCCCC/C=C/C(O)C(CO)NC(=O)CCCCCCCCCCCCCCCCCCCCOC(=O)CCCCCCCCCCCCCCCCC. The van der Waals surface area contributed by atoms with Gasteiger partial charge in [-0.3, -0.25) is 9.59 Å². The lowest BCUT2D eigenvalue weighted by Crippen LogP contribution is -2.45. The normalized spacial score (nSPS) is 12.6. The molecule has 2 atom stereocenters. The molecule has 0 aliphatic carbocycles. The van der Waals surface area contributed by atoms with Gasteiger partial charge in [0, 0.05) is 12.8 Å². The van der Waals surface area contributed by atoms with E-state index in [1.807, 2.05) is 6.08 Å². The van der Waals surface area contributed by atoms with Gasteiger partial charge in [-0.2, -0.15) is 0 Å². The molecule has 0 aromatic carbocycles. The van der Waals surface area contributed by atoms with Crippen LogP contribution in [0.15, 0.2) is 12.2 Å². The van der Waals surface area contributed by atoms with Gasteiger partial charge in [-0.1, -0.05) is 302 Å². The highest BCUT2D eigenvalue weighted by molar-refractivity contribution is 5.76. The van der Waals surface area contributed by atoms with Gasteiger partial charge in [0.2, 0.25) is 5.91 Å². The molecule has 0 saturated carbocycles. The lowest BCUT2D eigenvalue weighted by Gasteiger charge is -2.20. The van der Waals surface area contributed by atoms with Gasteiger partial charge in [-0.25, -0.2) is 0 Å². The van der Waals surface area contributed by atoms with Gasteiger partial charge in [0.1, 0.15) is 0 Å². The van der Waals surface area contributed by atoms with Crippen LogP contribution >= 0.6 is 0 Å². The first-order chi connectivity index (χ1) is 32.5. The third kappa shape index (κ3) is 52.0. The molecule has 6 heteroatoms. The van der Waals surface area contributed by atoms with Crippen LogP contribution in [0.25, 0.3) is 0 Å². The third-order valence-corrected chi connectivity index (χ3v) is 14.1. The van der Waals surface area contributed by atoms with Crippen LogP contribution in [0.2, 0.25) is 0 Å². The van der Waals surface area contributed by atoms with Gasteiger partial charge >= 0.3 is 5.97 Å². The number of hydrogen-bond donors (Lipinski definition) is 3. The largest absolute Gasteiger partial charge is 0.466 e. The van der Waals surface area contributed by atoms with Crippen LogP contribution in [0.4, 0.5) is 0 Å². The van der Waals surface area contributed by atoms with E-state index < -0.39 is 12.1 Å². The Morgan fingerprint density at radius 2 is 0.697 bits per heavy atom. The van der Waals surface area contributed by atoms with Crippen LogP contribution < -0.4 is 5.32 Å². The van der Waals surface area contributed by atoms with E-state index in [1.165, 1.54) is 270 Å². The summed E-state index contributed by atoms with van der Waals surface area (Å²) < 4.78 is 5.49. The monoisotopic (exact) mass is 932 g/mol. The van der Waals surface area contributed by atoms with Gasteiger partial charge in [0.25, 0.3) is 0 Å². The fourth-order valence-corrected chi connectivity index (χ4v) is 9.46. The van der Waals surface area contributed by atoms with Gasteiger partial charge in [-0.05, 0) is 32.1 Å². The topological polar surface area (TPSA) is 95.9 Å². The molecule has 1 amide bonds. The van der Waals surface area contributed by atoms with Gasteiger partial charge < -0.3 is 20.3 Å². The predicted molar refractivity (Wildman–Crippen MR) is 287 cm³/mol. The second-order valence-corrected chi connectivity index (χ2v) is 20.7. The molecule has 0 rings (SSSR count). The number of aliphatic hydroxyl groups is 2. The molecule has 0 aliphatic rings. The molecule has 3 N–H and O–H groups in total. The van der Waals surface area contributed by atoms with Gasteiger partial charge in [-0.15, -0.1) is 0 Å². The zero-order valence-electron chi connectivity index (χ0n) is 44.7. The Morgan fingerprint density at radius 3 is 1.03 bits per heavy atom. The van der Waals surface area contributed by atoms with Crippen LogP contribution in [0.3, 0.4) is 0 Å². The highest BCUT2D eigenvalue weighted by atomic mass is 16.5. The second-order valence-electron chi connectivity index (χ2n) is 20.7. The first-order valence-electron chi connectivity index (χ1n) is 30.0. The number of amides is 1. The smallest absolute Gasteiger partial charge is 0.305 e. The highest BCUT2D eigenvalue weighted by Crippen LogP contribution is 2.18. The summed E-state index contributed by atoms with van der Waals surface area (Å²) in [7, 11) is 0. The number of aliphatic hydroxyl groups excluding tert-OH is 2. The Hall–Kier alpha value is -1.40. The summed E-state index contributed by atoms with van der Waals surface area (Å²) in [4.78, 5) is 24.5. The lowest BCUT2D eigenvalue weighted by molar-refractivity contribution is -0.143. The van der Waals surface area contributed by atoms with Crippen molar-refractivity contribution in [3.8, 4) is 0 Å². The molecule has 0 saturated heterocycles. The van der Waals surface area contributed by atoms with Crippen molar-refractivity contribution in [3.05, 3.63) is 12.2 Å². The van der Waals surface area contributed by atoms with E-state index in [-0.39, 0.29) is 18.5 Å². The molecule has 66 heavy (non-hydrogen) atoms.